The normalized spacial score (nSPS) is 16.1. The molecule has 162 valence electrons. The predicted octanol–water partition coefficient (Wildman–Crippen LogP) is 3.06. The van der Waals surface area contributed by atoms with Gasteiger partial charge in [0.05, 0.1) is 19.7 Å². The number of methoxy groups -OCH3 is 1. The highest BCUT2D eigenvalue weighted by atomic mass is 16.5. The molecule has 0 aliphatic carbocycles. The molecule has 4 rings (SSSR count). The van der Waals surface area contributed by atoms with Crippen LogP contribution in [0.1, 0.15) is 18.9 Å². The SMILES string of the molecule is COc1ccc(NC(=O)CN2CCN(C(C)c3nc(-c4ccccc4)no3)CC2)cc1. The number of carbonyl (C=O) groups excluding carboxylic acids is 1. The topological polar surface area (TPSA) is 83.7 Å². The third-order valence-corrected chi connectivity index (χ3v) is 5.53. The van der Waals surface area contributed by atoms with E-state index in [9.17, 15) is 4.79 Å². The summed E-state index contributed by atoms with van der Waals surface area (Å²) in [6.07, 6.45) is 0. The Morgan fingerprint density at radius 3 is 2.48 bits per heavy atom. The lowest BCUT2D eigenvalue weighted by atomic mass is 10.2. The van der Waals surface area contributed by atoms with Gasteiger partial charge in [-0.1, -0.05) is 35.5 Å². The number of nitrogens with zero attached hydrogens (tertiary/aromatic N) is 4. The molecule has 0 saturated carbocycles. The van der Waals surface area contributed by atoms with Crippen molar-refractivity contribution in [2.24, 2.45) is 0 Å². The number of rotatable bonds is 7. The fraction of sp³-hybridized carbons (Fsp3) is 0.348. The molecule has 1 saturated heterocycles. The van der Waals surface area contributed by atoms with Crippen molar-refractivity contribution in [1.29, 1.82) is 0 Å². The second-order valence-corrected chi connectivity index (χ2v) is 7.59. The van der Waals surface area contributed by atoms with Crippen LogP contribution in [0.25, 0.3) is 11.4 Å². The molecular formula is C23H27N5O3. The van der Waals surface area contributed by atoms with Gasteiger partial charge in [-0.05, 0) is 31.2 Å². The molecule has 31 heavy (non-hydrogen) atoms. The Bertz CT molecular complexity index is 982. The van der Waals surface area contributed by atoms with E-state index in [-0.39, 0.29) is 11.9 Å². The molecule has 2 heterocycles. The Morgan fingerprint density at radius 1 is 1.10 bits per heavy atom. The molecule has 1 aliphatic rings. The first kappa shape index (κ1) is 21.0. The summed E-state index contributed by atoms with van der Waals surface area (Å²) in [5.74, 6) is 1.97. The molecule has 1 fully saturated rings. The molecular weight excluding hydrogens is 394 g/mol. The van der Waals surface area contributed by atoms with Crippen LogP contribution in [0.4, 0.5) is 5.69 Å². The van der Waals surface area contributed by atoms with Crippen LogP contribution in [0.3, 0.4) is 0 Å². The summed E-state index contributed by atoms with van der Waals surface area (Å²) >= 11 is 0. The Morgan fingerprint density at radius 2 is 1.81 bits per heavy atom. The largest absolute Gasteiger partial charge is 0.497 e. The third kappa shape index (κ3) is 5.28. The van der Waals surface area contributed by atoms with E-state index in [0.717, 1.165) is 43.2 Å². The van der Waals surface area contributed by atoms with E-state index in [1.165, 1.54) is 0 Å². The van der Waals surface area contributed by atoms with Gasteiger partial charge in [-0.15, -0.1) is 0 Å². The number of benzene rings is 2. The first-order chi connectivity index (χ1) is 15.1. The van der Waals surface area contributed by atoms with Crippen molar-refractivity contribution >= 4 is 11.6 Å². The van der Waals surface area contributed by atoms with Crippen LogP contribution in [0, 0.1) is 0 Å². The number of hydrogen-bond donors (Lipinski definition) is 1. The van der Waals surface area contributed by atoms with Gasteiger partial charge in [0.15, 0.2) is 0 Å². The monoisotopic (exact) mass is 421 g/mol. The van der Waals surface area contributed by atoms with E-state index in [1.807, 2.05) is 54.6 Å². The van der Waals surface area contributed by atoms with Crippen molar-refractivity contribution in [2.75, 3.05) is 45.2 Å². The molecule has 2 aromatic carbocycles. The molecule has 0 bridgehead atoms. The van der Waals surface area contributed by atoms with Gasteiger partial charge in [-0.25, -0.2) is 0 Å². The zero-order valence-corrected chi connectivity index (χ0v) is 17.8. The Hall–Kier alpha value is -3.23. The minimum Gasteiger partial charge on any atom is -0.497 e. The number of hydrogen-bond acceptors (Lipinski definition) is 7. The molecule has 1 amide bonds. The van der Waals surface area contributed by atoms with E-state index < -0.39 is 0 Å². The molecule has 1 N–H and O–H groups in total. The van der Waals surface area contributed by atoms with Crippen molar-refractivity contribution in [3.8, 4) is 17.1 Å². The van der Waals surface area contributed by atoms with Gasteiger partial charge < -0.3 is 14.6 Å². The van der Waals surface area contributed by atoms with Crippen LogP contribution in [-0.4, -0.2) is 65.7 Å². The number of amides is 1. The molecule has 1 unspecified atom stereocenters. The standard InChI is InChI=1S/C23H27N5O3/c1-17(23-25-22(26-31-23)18-6-4-3-5-7-18)28-14-12-27(13-15-28)16-21(29)24-19-8-10-20(30-2)11-9-19/h3-11,17H,12-16H2,1-2H3,(H,24,29). The summed E-state index contributed by atoms with van der Waals surface area (Å²) in [7, 11) is 1.62. The van der Waals surface area contributed by atoms with Crippen molar-refractivity contribution in [3.05, 3.63) is 60.5 Å². The highest BCUT2D eigenvalue weighted by Gasteiger charge is 2.26. The maximum Gasteiger partial charge on any atom is 0.244 e. The smallest absolute Gasteiger partial charge is 0.244 e. The lowest BCUT2D eigenvalue weighted by molar-refractivity contribution is -0.117. The molecule has 1 aliphatic heterocycles. The first-order valence-electron chi connectivity index (χ1n) is 10.4. The summed E-state index contributed by atoms with van der Waals surface area (Å²) in [6, 6.07) is 17.2. The van der Waals surface area contributed by atoms with Gasteiger partial charge in [0.1, 0.15) is 5.75 Å². The second-order valence-electron chi connectivity index (χ2n) is 7.59. The van der Waals surface area contributed by atoms with E-state index >= 15 is 0 Å². The number of carbonyl (C=O) groups is 1. The fourth-order valence-electron chi connectivity index (χ4n) is 3.65. The highest BCUT2D eigenvalue weighted by Crippen LogP contribution is 2.23. The quantitative estimate of drug-likeness (QED) is 0.628. The molecule has 0 spiro atoms. The number of nitrogens with one attached hydrogen (secondary N) is 1. The van der Waals surface area contributed by atoms with Gasteiger partial charge in [0, 0.05) is 37.4 Å². The van der Waals surface area contributed by atoms with Crippen molar-refractivity contribution < 1.29 is 14.1 Å². The van der Waals surface area contributed by atoms with Crippen molar-refractivity contribution in [1.82, 2.24) is 19.9 Å². The first-order valence-corrected chi connectivity index (χ1v) is 10.4. The van der Waals surface area contributed by atoms with Gasteiger partial charge in [-0.3, -0.25) is 14.6 Å². The van der Waals surface area contributed by atoms with Crippen molar-refractivity contribution in [3.63, 3.8) is 0 Å². The zero-order valence-electron chi connectivity index (χ0n) is 17.8. The summed E-state index contributed by atoms with van der Waals surface area (Å²) in [6.45, 7) is 5.72. The number of anilines is 1. The van der Waals surface area contributed by atoms with Crippen LogP contribution in [0.15, 0.2) is 59.1 Å². The van der Waals surface area contributed by atoms with E-state index in [2.05, 4.69) is 32.2 Å². The zero-order chi connectivity index (χ0) is 21.6. The van der Waals surface area contributed by atoms with Crippen LogP contribution in [-0.2, 0) is 4.79 Å². The maximum atomic E-state index is 12.4. The summed E-state index contributed by atoms with van der Waals surface area (Å²) in [5.41, 5.74) is 1.71. The number of ether oxygens (including phenoxy) is 1. The number of piperazine rings is 1. The second kappa shape index (κ2) is 9.72. The number of aromatic nitrogens is 2. The Kier molecular flexibility index (Phi) is 6.59. The van der Waals surface area contributed by atoms with E-state index in [1.54, 1.807) is 7.11 Å². The molecule has 1 aromatic heterocycles. The van der Waals surface area contributed by atoms with Crippen LogP contribution in [0.5, 0.6) is 5.75 Å². The molecule has 8 nitrogen and oxygen atoms in total. The van der Waals surface area contributed by atoms with Gasteiger partial charge in [-0.2, -0.15) is 4.98 Å². The van der Waals surface area contributed by atoms with Crippen molar-refractivity contribution in [2.45, 2.75) is 13.0 Å². The van der Waals surface area contributed by atoms with Crippen LogP contribution >= 0.6 is 0 Å². The Labute approximate surface area is 181 Å². The van der Waals surface area contributed by atoms with E-state index in [0.29, 0.717) is 18.3 Å². The maximum absolute atomic E-state index is 12.4. The summed E-state index contributed by atoms with van der Waals surface area (Å²) in [5, 5.41) is 7.06. The lowest BCUT2D eigenvalue weighted by Crippen LogP contribution is -2.49. The van der Waals surface area contributed by atoms with Gasteiger partial charge in [0.2, 0.25) is 17.6 Å². The lowest BCUT2D eigenvalue weighted by Gasteiger charge is -2.36. The minimum atomic E-state index is -0.0175. The average Bonchev–Trinajstić information content (AvgIpc) is 3.30. The van der Waals surface area contributed by atoms with Gasteiger partial charge in [0.25, 0.3) is 0 Å². The molecule has 0 radical (unpaired) electrons. The highest BCUT2D eigenvalue weighted by molar-refractivity contribution is 5.92. The van der Waals surface area contributed by atoms with E-state index in [4.69, 9.17) is 9.26 Å². The molecule has 3 aromatic rings. The van der Waals surface area contributed by atoms with Gasteiger partial charge >= 0.3 is 0 Å². The van der Waals surface area contributed by atoms with Crippen LogP contribution < -0.4 is 10.1 Å². The molecule has 8 heteroatoms. The summed E-state index contributed by atoms with van der Waals surface area (Å²) < 4.78 is 10.7. The predicted molar refractivity (Wildman–Crippen MR) is 118 cm³/mol. The minimum absolute atomic E-state index is 0.0175. The molecule has 1 atom stereocenters. The van der Waals surface area contributed by atoms with Crippen LogP contribution in [0.2, 0.25) is 0 Å². The third-order valence-electron chi connectivity index (χ3n) is 5.53. The Balaban J connectivity index is 1.26. The fourth-order valence-corrected chi connectivity index (χ4v) is 3.65. The average molecular weight is 422 g/mol. The summed E-state index contributed by atoms with van der Waals surface area (Å²) in [4.78, 5) is 21.4.